The third-order valence-electron chi connectivity index (χ3n) is 4.60. The van der Waals surface area contributed by atoms with E-state index in [2.05, 4.69) is 11.4 Å². The number of nitrogens with one attached hydrogen (secondary N) is 1. The van der Waals surface area contributed by atoms with Crippen LogP contribution in [0, 0.1) is 11.3 Å². The molecule has 1 aliphatic heterocycles. The van der Waals surface area contributed by atoms with Crippen molar-refractivity contribution < 1.29 is 9.90 Å². The van der Waals surface area contributed by atoms with Gasteiger partial charge in [0.05, 0.1) is 23.3 Å². The van der Waals surface area contributed by atoms with Gasteiger partial charge < -0.3 is 10.4 Å². The molecule has 2 aromatic rings. The maximum Gasteiger partial charge on any atom is 0.192 e. The molecule has 0 saturated carbocycles. The molecule has 1 aliphatic carbocycles. The van der Waals surface area contributed by atoms with Crippen LogP contribution in [0.15, 0.2) is 65.4 Å². The summed E-state index contributed by atoms with van der Waals surface area (Å²) in [6.45, 7) is 1.85. The number of nitrogens with zero attached hydrogens (tertiary/aromatic N) is 1. The van der Waals surface area contributed by atoms with E-state index in [4.69, 9.17) is 0 Å². The zero-order valence-electron chi connectivity index (χ0n) is 13.0. The Bertz CT molecular complexity index is 975. The minimum Gasteiger partial charge on any atom is -0.508 e. The van der Waals surface area contributed by atoms with Crippen molar-refractivity contribution in [3.05, 3.63) is 82.1 Å². The number of rotatable bonds is 1. The van der Waals surface area contributed by atoms with Gasteiger partial charge >= 0.3 is 0 Å². The van der Waals surface area contributed by atoms with Crippen LogP contribution in [0.1, 0.15) is 34.3 Å². The van der Waals surface area contributed by atoms with Crippen LogP contribution in [0.25, 0.3) is 5.70 Å². The van der Waals surface area contributed by atoms with Gasteiger partial charge in [0.25, 0.3) is 0 Å². The van der Waals surface area contributed by atoms with E-state index >= 15 is 0 Å². The molecule has 0 saturated heterocycles. The number of allylic oxidation sites excluding steroid dienone is 3. The predicted molar refractivity (Wildman–Crippen MR) is 90.0 cm³/mol. The summed E-state index contributed by atoms with van der Waals surface area (Å²) in [5.41, 5.74) is 5.01. The molecular formula is C20H14N2O2. The third-order valence-corrected chi connectivity index (χ3v) is 4.60. The molecule has 0 spiro atoms. The number of dihydropyridines is 1. The van der Waals surface area contributed by atoms with E-state index in [1.807, 2.05) is 31.2 Å². The number of carbonyl (C=O) groups excluding carboxylic acids is 1. The first kappa shape index (κ1) is 14.3. The molecule has 1 atom stereocenters. The van der Waals surface area contributed by atoms with Crippen molar-refractivity contribution in [1.82, 2.24) is 5.32 Å². The first-order valence-electron chi connectivity index (χ1n) is 7.67. The van der Waals surface area contributed by atoms with Crippen molar-refractivity contribution in [3.63, 3.8) is 0 Å². The summed E-state index contributed by atoms with van der Waals surface area (Å²) in [5.74, 6) is -0.319. The van der Waals surface area contributed by atoms with Gasteiger partial charge in [0.15, 0.2) is 5.78 Å². The van der Waals surface area contributed by atoms with Crippen LogP contribution in [0.4, 0.5) is 0 Å². The van der Waals surface area contributed by atoms with Gasteiger partial charge in [-0.05, 0) is 24.6 Å². The standard InChI is InChI=1S/C20H14N2O2/c1-11-16(10-21)17(12-6-8-13(23)9-7-12)18-19(22-11)14-4-2-3-5-15(14)20(18)24/h2-9,17,22-23H,1H3. The number of ketones is 1. The van der Waals surface area contributed by atoms with Gasteiger partial charge in [0.1, 0.15) is 5.75 Å². The van der Waals surface area contributed by atoms with E-state index < -0.39 is 5.92 Å². The molecule has 0 radical (unpaired) electrons. The number of Topliss-reactive ketones (excluding diaryl/α,β-unsaturated/α-hetero) is 1. The van der Waals surface area contributed by atoms with Crippen molar-refractivity contribution >= 4 is 11.5 Å². The minimum atomic E-state index is -0.424. The van der Waals surface area contributed by atoms with Crippen molar-refractivity contribution in [2.75, 3.05) is 0 Å². The monoisotopic (exact) mass is 314 g/mol. The first-order chi connectivity index (χ1) is 11.6. The normalized spacial score (nSPS) is 18.8. The molecule has 2 N–H and O–H groups in total. The van der Waals surface area contributed by atoms with E-state index in [0.29, 0.717) is 16.7 Å². The lowest BCUT2D eigenvalue weighted by Gasteiger charge is -2.27. The van der Waals surface area contributed by atoms with Crippen LogP contribution < -0.4 is 5.32 Å². The molecule has 0 aromatic heterocycles. The van der Waals surface area contributed by atoms with Crippen LogP contribution in [0.5, 0.6) is 5.75 Å². The van der Waals surface area contributed by atoms with E-state index in [-0.39, 0.29) is 11.5 Å². The van der Waals surface area contributed by atoms with E-state index in [1.54, 1.807) is 24.3 Å². The van der Waals surface area contributed by atoms with E-state index in [1.165, 1.54) is 0 Å². The van der Waals surface area contributed by atoms with Crippen LogP contribution >= 0.6 is 0 Å². The number of hydrogen-bond donors (Lipinski definition) is 2. The molecule has 1 heterocycles. The summed E-state index contributed by atoms with van der Waals surface area (Å²) in [4.78, 5) is 13.0. The SMILES string of the molecule is CC1=C(C#N)C(c2ccc(O)cc2)C2=C(N1)c1ccccc1C2=O. The summed E-state index contributed by atoms with van der Waals surface area (Å²) < 4.78 is 0. The van der Waals surface area contributed by atoms with Crippen LogP contribution in [0.2, 0.25) is 0 Å². The molecule has 0 bridgehead atoms. The number of carbonyl (C=O) groups is 1. The van der Waals surface area contributed by atoms with Crippen molar-refractivity contribution in [3.8, 4) is 11.8 Å². The number of aromatic hydroxyl groups is 1. The molecule has 24 heavy (non-hydrogen) atoms. The Morgan fingerprint density at radius 2 is 1.75 bits per heavy atom. The van der Waals surface area contributed by atoms with Crippen LogP contribution in [-0.2, 0) is 0 Å². The molecule has 4 heteroatoms. The van der Waals surface area contributed by atoms with Gasteiger partial charge in [-0.2, -0.15) is 5.26 Å². The Morgan fingerprint density at radius 1 is 1.08 bits per heavy atom. The van der Waals surface area contributed by atoms with Crippen molar-refractivity contribution in [2.45, 2.75) is 12.8 Å². The van der Waals surface area contributed by atoms with E-state index in [9.17, 15) is 15.2 Å². The largest absolute Gasteiger partial charge is 0.508 e. The highest BCUT2D eigenvalue weighted by atomic mass is 16.3. The number of benzene rings is 2. The van der Waals surface area contributed by atoms with Crippen molar-refractivity contribution in [1.29, 1.82) is 5.26 Å². The van der Waals surface area contributed by atoms with Gasteiger partial charge in [-0.15, -0.1) is 0 Å². The fourth-order valence-electron chi connectivity index (χ4n) is 3.48. The van der Waals surface area contributed by atoms with Gasteiger partial charge in [-0.1, -0.05) is 36.4 Å². The summed E-state index contributed by atoms with van der Waals surface area (Å²) in [6, 6.07) is 16.4. The fraction of sp³-hybridized carbons (Fsp3) is 0.100. The number of fused-ring (bicyclic) bond motifs is 2. The highest BCUT2D eigenvalue weighted by Gasteiger charge is 2.40. The molecule has 1 unspecified atom stereocenters. The quantitative estimate of drug-likeness (QED) is 0.845. The molecule has 2 aromatic carbocycles. The highest BCUT2D eigenvalue weighted by Crippen LogP contribution is 2.46. The second kappa shape index (κ2) is 5.10. The van der Waals surface area contributed by atoms with Gasteiger partial charge in [-0.3, -0.25) is 4.79 Å². The lowest BCUT2D eigenvalue weighted by atomic mass is 9.80. The lowest BCUT2D eigenvalue weighted by Crippen LogP contribution is -2.24. The molecule has 4 nitrogen and oxygen atoms in total. The number of hydrogen-bond acceptors (Lipinski definition) is 4. The fourth-order valence-corrected chi connectivity index (χ4v) is 3.48. The predicted octanol–water partition coefficient (Wildman–Crippen LogP) is 3.48. The topological polar surface area (TPSA) is 73.1 Å². The Morgan fingerprint density at radius 3 is 2.42 bits per heavy atom. The maximum absolute atomic E-state index is 13.0. The molecule has 2 aliphatic rings. The average Bonchev–Trinajstić information content (AvgIpc) is 2.87. The summed E-state index contributed by atoms with van der Waals surface area (Å²) in [7, 11) is 0. The van der Waals surface area contributed by atoms with Crippen LogP contribution in [-0.4, -0.2) is 10.9 Å². The zero-order valence-corrected chi connectivity index (χ0v) is 13.0. The second-order valence-corrected chi connectivity index (χ2v) is 5.96. The van der Waals surface area contributed by atoms with E-state index in [0.717, 1.165) is 22.5 Å². The summed E-state index contributed by atoms with van der Waals surface area (Å²) in [5, 5.41) is 22.4. The third kappa shape index (κ3) is 1.88. The molecule has 0 fully saturated rings. The Hall–Kier alpha value is -3.32. The van der Waals surface area contributed by atoms with Crippen molar-refractivity contribution in [2.24, 2.45) is 0 Å². The number of nitriles is 1. The number of phenolic OH excluding ortho intramolecular Hbond substituents is 1. The summed E-state index contributed by atoms with van der Waals surface area (Å²) >= 11 is 0. The smallest absolute Gasteiger partial charge is 0.192 e. The average molecular weight is 314 g/mol. The van der Waals surface area contributed by atoms with Gasteiger partial charge in [0, 0.05) is 22.4 Å². The molecule has 116 valence electrons. The summed E-state index contributed by atoms with van der Waals surface area (Å²) in [6.07, 6.45) is 0. The number of phenols is 1. The lowest BCUT2D eigenvalue weighted by molar-refractivity contribution is 0.103. The first-order valence-corrected chi connectivity index (χ1v) is 7.67. The Balaban J connectivity index is 1.95. The van der Waals surface area contributed by atoms with Gasteiger partial charge in [-0.25, -0.2) is 0 Å². The maximum atomic E-state index is 13.0. The molecule has 0 amide bonds. The second-order valence-electron chi connectivity index (χ2n) is 5.96. The zero-order chi connectivity index (χ0) is 16.8. The Kier molecular flexibility index (Phi) is 3.04. The van der Waals surface area contributed by atoms with Crippen LogP contribution in [0.3, 0.4) is 0 Å². The van der Waals surface area contributed by atoms with Gasteiger partial charge in [0.2, 0.25) is 0 Å². The molecular weight excluding hydrogens is 300 g/mol. The highest BCUT2D eigenvalue weighted by molar-refractivity contribution is 6.22. The Labute approximate surface area is 139 Å². The minimum absolute atomic E-state index is 0.0496. The molecule has 4 rings (SSSR count).